The van der Waals surface area contributed by atoms with Gasteiger partial charge in [-0.25, -0.2) is 9.67 Å². The van der Waals surface area contributed by atoms with Crippen LogP contribution in [0.15, 0.2) is 48.5 Å². The van der Waals surface area contributed by atoms with E-state index >= 15 is 0 Å². The summed E-state index contributed by atoms with van der Waals surface area (Å²) in [5.74, 6) is 1.59. The number of benzene rings is 2. The fraction of sp³-hybridized carbons (Fsp3) is 0.318. The van der Waals surface area contributed by atoms with Gasteiger partial charge in [0.2, 0.25) is 5.91 Å². The summed E-state index contributed by atoms with van der Waals surface area (Å²) in [6.07, 6.45) is 1.65. The topological polar surface area (TPSA) is 51.0 Å². The average Bonchev–Trinajstić information content (AvgIpc) is 3.05. The second-order valence-corrected chi connectivity index (χ2v) is 7.01. The minimum atomic E-state index is 0.0105. The third-order valence-corrected chi connectivity index (χ3v) is 4.71. The van der Waals surface area contributed by atoms with Gasteiger partial charge in [0.1, 0.15) is 0 Å². The minimum absolute atomic E-state index is 0.0105. The van der Waals surface area contributed by atoms with E-state index in [1.807, 2.05) is 22.9 Å². The number of aryl methyl sites for hydroxylation is 4. The second kappa shape index (κ2) is 8.16. The van der Waals surface area contributed by atoms with E-state index in [9.17, 15) is 4.79 Å². The number of rotatable bonds is 6. The van der Waals surface area contributed by atoms with Crippen molar-refractivity contribution in [3.63, 3.8) is 0 Å². The molecule has 0 N–H and O–H groups in total. The van der Waals surface area contributed by atoms with Gasteiger partial charge < -0.3 is 4.90 Å². The number of carbonyl (C=O) groups is 1. The summed E-state index contributed by atoms with van der Waals surface area (Å²) in [7, 11) is 1.79. The Morgan fingerprint density at radius 3 is 2.52 bits per heavy atom. The lowest BCUT2D eigenvalue weighted by atomic mass is 10.1. The van der Waals surface area contributed by atoms with Gasteiger partial charge in [0.15, 0.2) is 11.6 Å². The summed E-state index contributed by atoms with van der Waals surface area (Å²) in [6.45, 7) is 6.13. The molecule has 0 aliphatic rings. The Balaban J connectivity index is 1.93. The van der Waals surface area contributed by atoms with E-state index in [2.05, 4.69) is 44.2 Å². The number of hydrogen-bond donors (Lipinski definition) is 0. The van der Waals surface area contributed by atoms with Crippen LogP contribution < -0.4 is 0 Å². The van der Waals surface area contributed by atoms with Gasteiger partial charge in [-0.15, -0.1) is 0 Å². The molecule has 0 fully saturated rings. The Morgan fingerprint density at radius 2 is 1.81 bits per heavy atom. The summed E-state index contributed by atoms with van der Waals surface area (Å²) in [5, 5.41) is 4.78. The molecule has 0 bridgehead atoms. The molecule has 3 aromatic rings. The van der Waals surface area contributed by atoms with Gasteiger partial charge in [-0.3, -0.25) is 4.79 Å². The molecule has 0 aliphatic heterocycles. The van der Waals surface area contributed by atoms with Crippen LogP contribution in [-0.4, -0.2) is 32.6 Å². The molecule has 0 radical (unpaired) electrons. The highest BCUT2D eigenvalue weighted by molar-refractivity contribution is 5.72. The highest BCUT2D eigenvalue weighted by atomic mass is 16.2. The Hall–Kier alpha value is -2.95. The van der Waals surface area contributed by atoms with Gasteiger partial charge in [-0.05, 0) is 43.0 Å². The largest absolute Gasteiger partial charge is 0.338 e. The smallest absolute Gasteiger partial charge is 0.219 e. The molecule has 0 saturated heterocycles. The van der Waals surface area contributed by atoms with Crippen molar-refractivity contribution in [2.45, 2.75) is 40.2 Å². The fourth-order valence-corrected chi connectivity index (χ4v) is 2.96. The average molecular weight is 362 g/mol. The predicted octanol–water partition coefficient (Wildman–Crippen LogP) is 3.65. The van der Waals surface area contributed by atoms with Crippen molar-refractivity contribution in [1.82, 2.24) is 19.7 Å². The molecule has 3 rings (SSSR count). The second-order valence-electron chi connectivity index (χ2n) is 7.01. The molecule has 0 aliphatic carbocycles. The molecule has 0 unspecified atom stereocenters. The van der Waals surface area contributed by atoms with Crippen molar-refractivity contribution in [2.24, 2.45) is 0 Å². The number of hydrogen-bond acceptors (Lipinski definition) is 3. The monoisotopic (exact) mass is 362 g/mol. The predicted molar refractivity (Wildman–Crippen MR) is 107 cm³/mol. The molecule has 5 nitrogen and oxygen atoms in total. The summed E-state index contributed by atoms with van der Waals surface area (Å²) in [4.78, 5) is 18.1. The molecule has 1 heterocycles. The van der Waals surface area contributed by atoms with Gasteiger partial charge in [0.05, 0.1) is 12.2 Å². The van der Waals surface area contributed by atoms with Crippen LogP contribution >= 0.6 is 0 Å². The standard InChI is InChI=1S/C22H26N4O/c1-16-10-11-17(2)20(14-16)26-22(15-25(4)18(3)27)23-21(24-26)13-12-19-8-6-5-7-9-19/h5-11,14H,12-13,15H2,1-4H3. The summed E-state index contributed by atoms with van der Waals surface area (Å²) >= 11 is 0. The maximum Gasteiger partial charge on any atom is 0.219 e. The minimum Gasteiger partial charge on any atom is -0.338 e. The van der Waals surface area contributed by atoms with Crippen molar-refractivity contribution in [3.05, 3.63) is 76.9 Å². The summed E-state index contributed by atoms with van der Waals surface area (Å²) in [5.41, 5.74) is 4.58. The van der Waals surface area contributed by atoms with E-state index in [1.54, 1.807) is 18.9 Å². The number of aromatic nitrogens is 3. The maximum atomic E-state index is 11.7. The van der Waals surface area contributed by atoms with Crippen molar-refractivity contribution in [3.8, 4) is 5.69 Å². The lowest BCUT2D eigenvalue weighted by molar-refractivity contribution is -0.128. The third kappa shape index (κ3) is 4.61. The number of amides is 1. The van der Waals surface area contributed by atoms with Gasteiger partial charge in [-0.2, -0.15) is 5.10 Å². The zero-order valence-corrected chi connectivity index (χ0v) is 16.4. The van der Waals surface area contributed by atoms with Crippen LogP contribution in [0.2, 0.25) is 0 Å². The lowest BCUT2D eigenvalue weighted by Gasteiger charge is -2.15. The van der Waals surface area contributed by atoms with Crippen LogP contribution in [0, 0.1) is 13.8 Å². The first-order chi connectivity index (χ1) is 12.9. The molecular weight excluding hydrogens is 336 g/mol. The first-order valence-corrected chi connectivity index (χ1v) is 9.22. The van der Waals surface area contributed by atoms with E-state index in [1.165, 1.54) is 11.1 Å². The molecular formula is C22H26N4O. The van der Waals surface area contributed by atoms with Crippen LogP contribution in [0.3, 0.4) is 0 Å². The quantitative estimate of drug-likeness (QED) is 0.673. The first-order valence-electron chi connectivity index (χ1n) is 9.22. The van der Waals surface area contributed by atoms with Gasteiger partial charge in [0, 0.05) is 20.4 Å². The van der Waals surface area contributed by atoms with Crippen LogP contribution in [0.5, 0.6) is 0 Å². The van der Waals surface area contributed by atoms with Crippen molar-refractivity contribution in [2.75, 3.05) is 7.05 Å². The van der Waals surface area contributed by atoms with E-state index in [-0.39, 0.29) is 5.91 Å². The van der Waals surface area contributed by atoms with E-state index in [0.717, 1.165) is 35.7 Å². The Morgan fingerprint density at radius 1 is 1.07 bits per heavy atom. The zero-order valence-electron chi connectivity index (χ0n) is 16.4. The van der Waals surface area contributed by atoms with E-state index in [4.69, 9.17) is 10.1 Å². The normalized spacial score (nSPS) is 10.8. The van der Waals surface area contributed by atoms with E-state index in [0.29, 0.717) is 6.54 Å². The molecule has 0 atom stereocenters. The van der Waals surface area contributed by atoms with Crippen LogP contribution in [0.4, 0.5) is 0 Å². The molecule has 1 amide bonds. The first kappa shape index (κ1) is 18.8. The third-order valence-electron chi connectivity index (χ3n) is 4.71. The van der Waals surface area contributed by atoms with Gasteiger partial charge in [-0.1, -0.05) is 42.5 Å². The molecule has 0 spiro atoms. The van der Waals surface area contributed by atoms with E-state index < -0.39 is 0 Å². The van der Waals surface area contributed by atoms with Crippen molar-refractivity contribution >= 4 is 5.91 Å². The van der Waals surface area contributed by atoms with Crippen LogP contribution in [-0.2, 0) is 24.2 Å². The molecule has 0 saturated carbocycles. The number of carbonyl (C=O) groups excluding carboxylic acids is 1. The zero-order chi connectivity index (χ0) is 19.4. The van der Waals surface area contributed by atoms with Gasteiger partial charge >= 0.3 is 0 Å². The highest BCUT2D eigenvalue weighted by Gasteiger charge is 2.16. The summed E-state index contributed by atoms with van der Waals surface area (Å²) in [6, 6.07) is 16.6. The number of nitrogens with zero attached hydrogens (tertiary/aromatic N) is 4. The van der Waals surface area contributed by atoms with Crippen molar-refractivity contribution < 1.29 is 4.79 Å². The Labute approximate surface area is 160 Å². The highest BCUT2D eigenvalue weighted by Crippen LogP contribution is 2.18. The lowest BCUT2D eigenvalue weighted by Crippen LogP contribution is -2.25. The Kier molecular flexibility index (Phi) is 5.69. The molecule has 1 aromatic heterocycles. The molecule has 27 heavy (non-hydrogen) atoms. The molecule has 140 valence electrons. The van der Waals surface area contributed by atoms with Crippen LogP contribution in [0.1, 0.15) is 35.3 Å². The maximum absolute atomic E-state index is 11.7. The fourth-order valence-electron chi connectivity index (χ4n) is 2.96. The van der Waals surface area contributed by atoms with Gasteiger partial charge in [0.25, 0.3) is 0 Å². The SMILES string of the molecule is CC(=O)N(C)Cc1nc(CCc2ccccc2)nn1-c1cc(C)ccc1C. The Bertz CT molecular complexity index is 931. The van der Waals surface area contributed by atoms with Crippen molar-refractivity contribution in [1.29, 1.82) is 0 Å². The summed E-state index contributed by atoms with van der Waals surface area (Å²) < 4.78 is 1.89. The van der Waals surface area contributed by atoms with Crippen LogP contribution in [0.25, 0.3) is 5.69 Å². The molecule has 2 aromatic carbocycles. The molecule has 5 heteroatoms.